The number of para-hydroxylation sites is 1. The SMILES string of the molecule is COc1ccc(C(=O)N[C@H](C)c2ccccc2OC(F)F)cc1OC. The number of benzene rings is 2. The number of hydrogen-bond donors (Lipinski definition) is 1. The van der Waals surface area contributed by atoms with Crippen LogP contribution >= 0.6 is 0 Å². The van der Waals surface area contributed by atoms with Crippen molar-refractivity contribution in [3.05, 3.63) is 53.6 Å². The zero-order valence-electron chi connectivity index (χ0n) is 14.1. The van der Waals surface area contributed by atoms with Crippen molar-refractivity contribution in [3.63, 3.8) is 0 Å². The third-order valence-electron chi connectivity index (χ3n) is 3.59. The van der Waals surface area contributed by atoms with E-state index < -0.39 is 12.7 Å². The number of carbonyl (C=O) groups excluding carboxylic acids is 1. The number of hydrogen-bond acceptors (Lipinski definition) is 4. The van der Waals surface area contributed by atoms with Crippen LogP contribution in [0.4, 0.5) is 8.78 Å². The molecule has 1 N–H and O–H groups in total. The third-order valence-corrected chi connectivity index (χ3v) is 3.59. The summed E-state index contributed by atoms with van der Waals surface area (Å²) < 4.78 is 39.8. The molecule has 0 bridgehead atoms. The van der Waals surface area contributed by atoms with Gasteiger partial charge in [-0.05, 0) is 31.2 Å². The summed E-state index contributed by atoms with van der Waals surface area (Å²) in [7, 11) is 2.97. The molecule has 134 valence electrons. The first-order valence-electron chi connectivity index (χ1n) is 7.53. The summed E-state index contributed by atoms with van der Waals surface area (Å²) >= 11 is 0. The lowest BCUT2D eigenvalue weighted by Gasteiger charge is -2.18. The summed E-state index contributed by atoms with van der Waals surface area (Å²) in [4.78, 5) is 12.4. The van der Waals surface area contributed by atoms with E-state index in [-0.39, 0.29) is 11.7 Å². The molecule has 0 saturated heterocycles. The van der Waals surface area contributed by atoms with Gasteiger partial charge in [0.2, 0.25) is 0 Å². The first kappa shape index (κ1) is 18.5. The second-order valence-electron chi connectivity index (χ2n) is 5.18. The summed E-state index contributed by atoms with van der Waals surface area (Å²) in [5, 5.41) is 2.75. The number of halogens is 2. The molecule has 0 heterocycles. The normalized spacial score (nSPS) is 11.8. The summed E-state index contributed by atoms with van der Waals surface area (Å²) in [5.74, 6) is 0.574. The number of amides is 1. The second-order valence-corrected chi connectivity index (χ2v) is 5.18. The predicted octanol–water partition coefficient (Wildman–Crippen LogP) is 3.80. The van der Waals surface area contributed by atoms with E-state index in [4.69, 9.17) is 9.47 Å². The molecule has 2 aromatic carbocycles. The van der Waals surface area contributed by atoms with E-state index >= 15 is 0 Å². The van der Waals surface area contributed by atoms with Crippen molar-refractivity contribution in [1.29, 1.82) is 0 Å². The van der Waals surface area contributed by atoms with Gasteiger partial charge >= 0.3 is 6.61 Å². The summed E-state index contributed by atoms with van der Waals surface area (Å²) in [6.45, 7) is -1.25. The summed E-state index contributed by atoms with van der Waals surface area (Å²) in [6.07, 6.45) is 0. The van der Waals surface area contributed by atoms with Crippen LogP contribution in [0.25, 0.3) is 0 Å². The van der Waals surface area contributed by atoms with Crippen LogP contribution in [0.2, 0.25) is 0 Å². The highest BCUT2D eigenvalue weighted by atomic mass is 19.3. The fraction of sp³-hybridized carbons (Fsp3) is 0.278. The van der Waals surface area contributed by atoms with E-state index in [0.717, 1.165) is 0 Å². The lowest BCUT2D eigenvalue weighted by molar-refractivity contribution is -0.0506. The van der Waals surface area contributed by atoms with Gasteiger partial charge in [-0.1, -0.05) is 18.2 Å². The number of nitrogens with one attached hydrogen (secondary N) is 1. The molecule has 0 aliphatic heterocycles. The zero-order valence-corrected chi connectivity index (χ0v) is 14.1. The molecule has 0 aliphatic carbocycles. The van der Waals surface area contributed by atoms with Gasteiger partial charge in [0.05, 0.1) is 20.3 Å². The summed E-state index contributed by atoms with van der Waals surface area (Å²) in [6, 6.07) is 10.5. The Labute approximate surface area is 144 Å². The fourth-order valence-electron chi connectivity index (χ4n) is 2.38. The van der Waals surface area contributed by atoms with Gasteiger partial charge in [-0.25, -0.2) is 0 Å². The van der Waals surface area contributed by atoms with Gasteiger partial charge in [0, 0.05) is 11.1 Å². The predicted molar refractivity (Wildman–Crippen MR) is 88.5 cm³/mol. The maximum atomic E-state index is 12.5. The number of alkyl halides is 2. The lowest BCUT2D eigenvalue weighted by Crippen LogP contribution is -2.27. The van der Waals surface area contributed by atoms with Gasteiger partial charge in [-0.3, -0.25) is 4.79 Å². The molecule has 2 rings (SSSR count). The van der Waals surface area contributed by atoms with Crippen LogP contribution in [0.1, 0.15) is 28.9 Å². The van der Waals surface area contributed by atoms with Crippen molar-refractivity contribution >= 4 is 5.91 Å². The maximum absolute atomic E-state index is 12.5. The largest absolute Gasteiger partial charge is 0.493 e. The minimum absolute atomic E-state index is 0.0256. The average molecular weight is 351 g/mol. The van der Waals surface area contributed by atoms with Crippen molar-refractivity contribution in [2.24, 2.45) is 0 Å². The number of methoxy groups -OCH3 is 2. The van der Waals surface area contributed by atoms with Crippen molar-refractivity contribution in [3.8, 4) is 17.2 Å². The van der Waals surface area contributed by atoms with Crippen LogP contribution < -0.4 is 19.5 Å². The van der Waals surface area contributed by atoms with E-state index in [2.05, 4.69) is 10.1 Å². The molecule has 0 radical (unpaired) electrons. The van der Waals surface area contributed by atoms with Gasteiger partial charge in [0.25, 0.3) is 5.91 Å². The highest BCUT2D eigenvalue weighted by molar-refractivity contribution is 5.95. The fourth-order valence-corrected chi connectivity index (χ4v) is 2.38. The molecular weight excluding hydrogens is 332 g/mol. The quantitative estimate of drug-likeness (QED) is 0.824. The van der Waals surface area contributed by atoms with Crippen LogP contribution in [0.5, 0.6) is 17.2 Å². The zero-order chi connectivity index (χ0) is 18.4. The number of ether oxygens (including phenoxy) is 3. The van der Waals surface area contributed by atoms with Gasteiger partial charge in [0.1, 0.15) is 5.75 Å². The Kier molecular flexibility index (Phi) is 6.16. The molecule has 0 aliphatic rings. The molecule has 0 unspecified atom stereocenters. The monoisotopic (exact) mass is 351 g/mol. The third kappa shape index (κ3) is 4.59. The second kappa shape index (κ2) is 8.32. The maximum Gasteiger partial charge on any atom is 0.387 e. The van der Waals surface area contributed by atoms with Crippen LogP contribution in [-0.4, -0.2) is 26.7 Å². The lowest BCUT2D eigenvalue weighted by atomic mass is 10.1. The van der Waals surface area contributed by atoms with E-state index in [9.17, 15) is 13.6 Å². The molecular formula is C18H19F2NO4. The van der Waals surface area contributed by atoms with Crippen molar-refractivity contribution in [1.82, 2.24) is 5.32 Å². The standard InChI is InChI=1S/C18H19F2NO4/c1-11(13-6-4-5-7-14(13)25-18(19)20)21-17(22)12-8-9-15(23-2)16(10-12)24-3/h4-11,18H,1-3H3,(H,21,22)/t11-/m1/s1. The minimum Gasteiger partial charge on any atom is -0.493 e. The number of carbonyl (C=O) groups is 1. The Morgan fingerprint density at radius 3 is 2.32 bits per heavy atom. The van der Waals surface area contributed by atoms with E-state index in [1.807, 2.05) is 0 Å². The smallest absolute Gasteiger partial charge is 0.387 e. The van der Waals surface area contributed by atoms with Gasteiger partial charge in [0.15, 0.2) is 11.5 Å². The van der Waals surface area contributed by atoms with E-state index in [1.165, 1.54) is 20.3 Å². The van der Waals surface area contributed by atoms with Gasteiger partial charge in [-0.15, -0.1) is 0 Å². The first-order chi connectivity index (χ1) is 12.0. The van der Waals surface area contributed by atoms with E-state index in [1.54, 1.807) is 43.3 Å². The highest BCUT2D eigenvalue weighted by Crippen LogP contribution is 2.29. The van der Waals surface area contributed by atoms with Crippen LogP contribution in [0.15, 0.2) is 42.5 Å². The Bertz CT molecular complexity index is 737. The molecule has 2 aromatic rings. The Balaban J connectivity index is 2.18. The summed E-state index contributed by atoms with van der Waals surface area (Å²) in [5.41, 5.74) is 0.813. The number of rotatable bonds is 7. The Morgan fingerprint density at radius 2 is 1.68 bits per heavy atom. The van der Waals surface area contributed by atoms with Gasteiger partial charge < -0.3 is 19.5 Å². The van der Waals surface area contributed by atoms with Gasteiger partial charge in [-0.2, -0.15) is 8.78 Å². The molecule has 0 saturated carbocycles. The average Bonchev–Trinajstić information content (AvgIpc) is 2.60. The molecule has 0 spiro atoms. The molecule has 25 heavy (non-hydrogen) atoms. The van der Waals surface area contributed by atoms with Crippen molar-refractivity contribution in [2.45, 2.75) is 19.6 Å². The van der Waals surface area contributed by atoms with Crippen LogP contribution in [0.3, 0.4) is 0 Å². The molecule has 0 aromatic heterocycles. The Hall–Kier alpha value is -2.83. The molecule has 7 heteroatoms. The van der Waals surface area contributed by atoms with Crippen molar-refractivity contribution < 1.29 is 27.8 Å². The topological polar surface area (TPSA) is 56.8 Å². The van der Waals surface area contributed by atoms with Crippen molar-refractivity contribution in [2.75, 3.05) is 14.2 Å². The van der Waals surface area contributed by atoms with Crippen LogP contribution in [0, 0.1) is 0 Å². The molecule has 0 fully saturated rings. The molecule has 5 nitrogen and oxygen atoms in total. The van der Waals surface area contributed by atoms with E-state index in [0.29, 0.717) is 22.6 Å². The molecule has 1 amide bonds. The highest BCUT2D eigenvalue weighted by Gasteiger charge is 2.18. The first-order valence-corrected chi connectivity index (χ1v) is 7.53. The van der Waals surface area contributed by atoms with Crippen LogP contribution in [-0.2, 0) is 0 Å². The minimum atomic E-state index is -2.94. The Morgan fingerprint density at radius 1 is 1.00 bits per heavy atom. The molecule has 1 atom stereocenters.